The van der Waals surface area contributed by atoms with E-state index in [0.29, 0.717) is 19.3 Å². The van der Waals surface area contributed by atoms with Gasteiger partial charge in [0.25, 0.3) is 0 Å². The van der Waals surface area contributed by atoms with Crippen molar-refractivity contribution in [2.45, 2.75) is 39.0 Å². The Morgan fingerprint density at radius 1 is 1.07 bits per heavy atom. The molecule has 0 radical (unpaired) electrons. The summed E-state index contributed by atoms with van der Waals surface area (Å²) in [5, 5.41) is 4.49. The van der Waals surface area contributed by atoms with Gasteiger partial charge in [-0.25, -0.2) is 0 Å². The fourth-order valence-corrected chi connectivity index (χ4v) is 4.46. The Kier molecular flexibility index (Phi) is 6.40. The second kappa shape index (κ2) is 9.17. The van der Waals surface area contributed by atoms with Gasteiger partial charge in [-0.05, 0) is 62.5 Å². The van der Waals surface area contributed by atoms with Crippen molar-refractivity contribution in [2.24, 2.45) is 5.92 Å². The molecule has 3 aliphatic rings. The van der Waals surface area contributed by atoms with Crippen molar-refractivity contribution in [1.29, 1.82) is 0 Å². The Morgan fingerprint density at radius 3 is 2.61 bits per heavy atom. The zero-order valence-corrected chi connectivity index (χ0v) is 17.3. The highest BCUT2D eigenvalue weighted by Crippen LogP contribution is 2.31. The normalized spacial score (nSPS) is 23.6. The highest BCUT2D eigenvalue weighted by atomic mass is 35.5. The quantitative estimate of drug-likeness (QED) is 0.707. The van der Waals surface area contributed by atoms with E-state index in [-0.39, 0.29) is 0 Å². The predicted octanol–water partition coefficient (Wildman–Crippen LogP) is 4.50. The van der Waals surface area contributed by atoms with Crippen LogP contribution in [0.1, 0.15) is 30.9 Å². The minimum Gasteiger partial charge on any atom is -0.490 e. The largest absolute Gasteiger partial charge is 0.490 e. The molecule has 3 heterocycles. The van der Waals surface area contributed by atoms with Crippen LogP contribution in [0.4, 0.5) is 0 Å². The maximum absolute atomic E-state index is 6.24. The molecule has 3 saturated heterocycles. The summed E-state index contributed by atoms with van der Waals surface area (Å²) >= 11 is 6.24. The van der Waals surface area contributed by atoms with Gasteiger partial charge in [-0.15, -0.1) is 0 Å². The summed E-state index contributed by atoms with van der Waals surface area (Å²) in [7, 11) is 0. The molecule has 0 amide bonds. The predicted molar refractivity (Wildman–Crippen MR) is 113 cm³/mol. The van der Waals surface area contributed by atoms with Gasteiger partial charge >= 0.3 is 0 Å². The number of hydrogen-bond donors (Lipinski definition) is 1. The molecule has 5 heteroatoms. The Bertz CT molecular complexity index is 790. The lowest BCUT2D eigenvalue weighted by Crippen LogP contribution is -2.55. The van der Waals surface area contributed by atoms with Gasteiger partial charge in [-0.2, -0.15) is 0 Å². The van der Waals surface area contributed by atoms with Gasteiger partial charge in [0.05, 0.1) is 6.61 Å². The molecule has 0 spiro atoms. The minimum absolute atomic E-state index is 0.428. The molecule has 2 aromatic rings. The maximum Gasteiger partial charge on any atom is 0.161 e. The summed E-state index contributed by atoms with van der Waals surface area (Å²) in [6.07, 6.45) is 2.66. The van der Waals surface area contributed by atoms with E-state index < -0.39 is 0 Å². The number of fused-ring (bicyclic) bond motifs is 3. The molecule has 1 unspecified atom stereocenters. The molecule has 0 aromatic heterocycles. The Morgan fingerprint density at radius 2 is 1.89 bits per heavy atom. The molecule has 0 aliphatic carbocycles. The van der Waals surface area contributed by atoms with Crippen LogP contribution >= 0.6 is 11.6 Å². The summed E-state index contributed by atoms with van der Waals surface area (Å²) in [6.45, 7) is 7.62. The van der Waals surface area contributed by atoms with Gasteiger partial charge in [0.1, 0.15) is 6.61 Å². The number of nitrogens with one attached hydrogen (secondary N) is 1. The van der Waals surface area contributed by atoms with Crippen molar-refractivity contribution in [3.8, 4) is 11.5 Å². The van der Waals surface area contributed by atoms with Crippen LogP contribution in [0.5, 0.6) is 11.5 Å². The first-order chi connectivity index (χ1) is 13.7. The van der Waals surface area contributed by atoms with E-state index in [4.69, 9.17) is 21.1 Å². The number of hydrogen-bond acceptors (Lipinski definition) is 4. The summed E-state index contributed by atoms with van der Waals surface area (Å²) in [6, 6.07) is 14.6. The molecule has 3 aliphatic heterocycles. The van der Waals surface area contributed by atoms with Crippen LogP contribution in [-0.4, -0.2) is 37.2 Å². The number of halogens is 1. The lowest BCUT2D eigenvalue weighted by atomic mass is 9.84. The Hall–Kier alpha value is -1.75. The Balaban J connectivity index is 1.39. The van der Waals surface area contributed by atoms with E-state index in [1.54, 1.807) is 0 Å². The van der Waals surface area contributed by atoms with Crippen LogP contribution < -0.4 is 14.8 Å². The number of nitrogens with zero attached hydrogens (tertiary/aromatic N) is 1. The number of benzene rings is 2. The first-order valence-corrected chi connectivity index (χ1v) is 10.7. The smallest absolute Gasteiger partial charge is 0.161 e. The number of ether oxygens (including phenoxy) is 2. The number of piperidine rings is 3. The van der Waals surface area contributed by atoms with E-state index in [0.717, 1.165) is 34.5 Å². The van der Waals surface area contributed by atoms with Crippen molar-refractivity contribution < 1.29 is 9.47 Å². The van der Waals surface area contributed by atoms with Gasteiger partial charge in [0.15, 0.2) is 11.5 Å². The van der Waals surface area contributed by atoms with Crippen molar-refractivity contribution in [1.82, 2.24) is 10.2 Å². The van der Waals surface area contributed by atoms with Crippen LogP contribution in [0.15, 0.2) is 42.5 Å². The standard InChI is InChI=1S/C23H29ClN2O2/c1-2-27-23-13-17(14-25-21-15-26-11-9-18(21)10-12-26)7-8-22(23)28-16-19-5-3-4-6-20(19)24/h3-8,13,18,21,25H,2,9-12,14-16H2,1H3. The van der Waals surface area contributed by atoms with E-state index in [1.807, 2.05) is 37.3 Å². The van der Waals surface area contributed by atoms with Crippen molar-refractivity contribution >= 4 is 11.6 Å². The molecule has 3 fully saturated rings. The summed E-state index contributed by atoms with van der Waals surface area (Å²) in [4.78, 5) is 2.58. The van der Waals surface area contributed by atoms with Gasteiger partial charge in [0.2, 0.25) is 0 Å². The SMILES string of the molecule is CCOc1cc(CNC2CN3CCC2CC3)ccc1OCc1ccccc1Cl. The van der Waals surface area contributed by atoms with Gasteiger partial charge < -0.3 is 19.7 Å². The molecule has 2 bridgehead atoms. The van der Waals surface area contributed by atoms with E-state index in [9.17, 15) is 0 Å². The maximum atomic E-state index is 6.24. The third-order valence-corrected chi connectivity index (χ3v) is 6.24. The van der Waals surface area contributed by atoms with E-state index >= 15 is 0 Å². The zero-order valence-electron chi connectivity index (χ0n) is 16.5. The second-order valence-electron chi connectivity index (χ2n) is 7.72. The molecule has 5 rings (SSSR count). The fourth-order valence-electron chi connectivity index (χ4n) is 4.27. The van der Waals surface area contributed by atoms with Gasteiger partial charge in [-0.1, -0.05) is 35.9 Å². The second-order valence-corrected chi connectivity index (χ2v) is 8.13. The van der Waals surface area contributed by atoms with E-state index in [2.05, 4.69) is 22.3 Å². The molecule has 1 atom stereocenters. The summed E-state index contributed by atoms with van der Waals surface area (Å²) in [5.41, 5.74) is 2.20. The van der Waals surface area contributed by atoms with Crippen LogP contribution in [0.25, 0.3) is 0 Å². The molecular weight excluding hydrogens is 372 g/mol. The molecular formula is C23H29ClN2O2. The summed E-state index contributed by atoms with van der Waals surface area (Å²) in [5.74, 6) is 2.38. The van der Waals surface area contributed by atoms with Crippen LogP contribution in [0, 0.1) is 5.92 Å². The third-order valence-electron chi connectivity index (χ3n) is 5.87. The molecule has 150 valence electrons. The molecule has 2 aromatic carbocycles. The molecule has 0 saturated carbocycles. The summed E-state index contributed by atoms with van der Waals surface area (Å²) < 4.78 is 11.9. The van der Waals surface area contributed by atoms with Crippen molar-refractivity contribution in [2.75, 3.05) is 26.2 Å². The monoisotopic (exact) mass is 400 g/mol. The number of rotatable bonds is 8. The Labute approximate surface area is 172 Å². The highest BCUT2D eigenvalue weighted by Gasteiger charge is 2.33. The molecule has 4 nitrogen and oxygen atoms in total. The highest BCUT2D eigenvalue weighted by molar-refractivity contribution is 6.31. The van der Waals surface area contributed by atoms with Gasteiger partial charge in [-0.3, -0.25) is 0 Å². The van der Waals surface area contributed by atoms with E-state index in [1.165, 1.54) is 38.0 Å². The topological polar surface area (TPSA) is 33.7 Å². The zero-order chi connectivity index (χ0) is 19.3. The van der Waals surface area contributed by atoms with Crippen molar-refractivity contribution in [3.05, 3.63) is 58.6 Å². The lowest BCUT2D eigenvalue weighted by Gasteiger charge is -2.45. The average Bonchev–Trinajstić information content (AvgIpc) is 2.74. The molecule has 1 N–H and O–H groups in total. The average molecular weight is 401 g/mol. The minimum atomic E-state index is 0.428. The van der Waals surface area contributed by atoms with Crippen LogP contribution in [0.2, 0.25) is 5.02 Å². The van der Waals surface area contributed by atoms with Crippen LogP contribution in [-0.2, 0) is 13.2 Å². The van der Waals surface area contributed by atoms with Gasteiger partial charge in [0, 0.05) is 29.7 Å². The fraction of sp³-hybridized carbons (Fsp3) is 0.478. The lowest BCUT2D eigenvalue weighted by molar-refractivity contribution is 0.0720. The van der Waals surface area contributed by atoms with Crippen molar-refractivity contribution in [3.63, 3.8) is 0 Å². The molecule has 28 heavy (non-hydrogen) atoms. The third kappa shape index (κ3) is 4.62. The first kappa shape index (κ1) is 19.6. The first-order valence-electron chi connectivity index (χ1n) is 10.3. The van der Waals surface area contributed by atoms with Crippen LogP contribution in [0.3, 0.4) is 0 Å².